The Kier molecular flexibility index (Phi) is 30.2. The van der Waals surface area contributed by atoms with Crippen LogP contribution in [-0.2, 0) is 52.3 Å². The monoisotopic (exact) mass is 1160 g/mol. The number of guanidine groups is 2. The summed E-state index contributed by atoms with van der Waals surface area (Å²) in [5.74, 6) is -7.55. The number of aliphatic hydroxyl groups excluding tert-OH is 4. The van der Waals surface area contributed by atoms with E-state index < -0.39 is 133 Å². The number of alkyl carbamates (subject to hydrolysis) is 2. The Labute approximate surface area is 466 Å². The predicted molar refractivity (Wildman–Crippen MR) is 283 cm³/mol. The molecule has 2 heterocycles. The lowest BCUT2D eigenvalue weighted by atomic mass is 9.87. The molecule has 0 aromatic heterocycles. The van der Waals surface area contributed by atoms with E-state index in [1.54, 1.807) is 6.92 Å². The van der Waals surface area contributed by atoms with Crippen LogP contribution in [0.3, 0.4) is 0 Å². The van der Waals surface area contributed by atoms with E-state index in [0.717, 1.165) is 25.5 Å². The summed E-state index contributed by atoms with van der Waals surface area (Å²) < 4.78 is 49.7. The zero-order chi connectivity index (χ0) is 60.0. The van der Waals surface area contributed by atoms with Gasteiger partial charge < -0.3 is 112 Å². The highest BCUT2D eigenvalue weighted by Crippen LogP contribution is 2.31. The van der Waals surface area contributed by atoms with Crippen LogP contribution in [0.25, 0.3) is 0 Å². The van der Waals surface area contributed by atoms with E-state index in [2.05, 4.69) is 25.9 Å². The largest absolute Gasteiger partial charge is 0.491 e. The van der Waals surface area contributed by atoms with Crippen molar-refractivity contribution in [2.45, 2.75) is 108 Å². The van der Waals surface area contributed by atoms with Gasteiger partial charge in [-0.25, -0.2) is 29.2 Å². The van der Waals surface area contributed by atoms with Gasteiger partial charge in [-0.2, -0.15) is 0 Å². The molecule has 2 aliphatic heterocycles. The van der Waals surface area contributed by atoms with Crippen molar-refractivity contribution in [3.63, 3.8) is 0 Å². The van der Waals surface area contributed by atoms with Crippen LogP contribution in [-0.4, -0.2) is 225 Å². The summed E-state index contributed by atoms with van der Waals surface area (Å²) in [6.45, 7) is 5.31. The Hall–Kier alpha value is -7.39. The predicted octanol–water partition coefficient (Wildman–Crippen LogP) is -2.48. The molecule has 0 aliphatic carbocycles. The molecule has 454 valence electrons. The number of aliphatic imine (C=N–C) groups is 2. The molecule has 0 saturated carbocycles. The molecule has 1 aromatic rings. The Morgan fingerprint density at radius 3 is 1.48 bits per heavy atom. The number of carboxylic acids is 2. The Balaban J connectivity index is 1.69. The van der Waals surface area contributed by atoms with E-state index in [4.69, 9.17) is 65.6 Å². The van der Waals surface area contributed by atoms with Gasteiger partial charge in [-0.15, -0.1) is 0 Å². The average Bonchev–Trinajstić information content (AvgIpc) is 3.43. The fourth-order valence-corrected chi connectivity index (χ4v) is 7.97. The highest BCUT2D eigenvalue weighted by atomic mass is 16.6. The first-order valence-electron chi connectivity index (χ1n) is 25.9. The third-order valence-electron chi connectivity index (χ3n) is 11.8. The summed E-state index contributed by atoms with van der Waals surface area (Å²) in [7, 11) is 0. The third-order valence-corrected chi connectivity index (χ3v) is 11.8. The van der Waals surface area contributed by atoms with Crippen LogP contribution < -0.4 is 43.6 Å². The van der Waals surface area contributed by atoms with E-state index >= 15 is 0 Å². The van der Waals surface area contributed by atoms with Gasteiger partial charge in [0.25, 0.3) is 0 Å². The van der Waals surface area contributed by atoms with Crippen LogP contribution in [0.2, 0.25) is 0 Å². The van der Waals surface area contributed by atoms with Crippen LogP contribution >= 0.6 is 0 Å². The van der Waals surface area contributed by atoms with Crippen LogP contribution in [0.15, 0.2) is 51.9 Å². The normalized spacial score (nSPS) is 19.9. The van der Waals surface area contributed by atoms with E-state index in [-0.39, 0.29) is 88.0 Å². The number of amides is 3. The summed E-state index contributed by atoms with van der Waals surface area (Å²) in [4.78, 5) is 97.4. The Bertz CT molecular complexity index is 2350. The van der Waals surface area contributed by atoms with Gasteiger partial charge in [0.05, 0.1) is 77.6 Å². The zero-order valence-corrected chi connectivity index (χ0v) is 45.3. The van der Waals surface area contributed by atoms with Gasteiger partial charge in [-0.1, -0.05) is 13.8 Å². The molecule has 3 amide bonds. The summed E-state index contributed by atoms with van der Waals surface area (Å²) in [6, 6.07) is 0.576. The average molecular weight is 1160 g/mol. The molecule has 2 aliphatic rings. The fourth-order valence-electron chi connectivity index (χ4n) is 7.97. The summed E-state index contributed by atoms with van der Waals surface area (Å²) >= 11 is 0. The molecular weight excluding hydrogens is 1080 g/mol. The number of ether oxygens (including phenoxy) is 9. The summed E-state index contributed by atoms with van der Waals surface area (Å²) in [6.07, 6.45) is -9.74. The van der Waals surface area contributed by atoms with E-state index in [0.29, 0.717) is 33.0 Å². The molecule has 1 aromatic carbocycles. The summed E-state index contributed by atoms with van der Waals surface area (Å²) in [5.41, 5.74) is 22.2. The Morgan fingerprint density at radius 1 is 0.630 bits per heavy atom. The second kappa shape index (κ2) is 36.1. The molecule has 0 bridgehead atoms. The number of ketones is 2. The number of Topliss-reactive ketones (excluding diaryl/α,β-unsaturated/α-hetero) is 2. The van der Waals surface area contributed by atoms with E-state index in [1.165, 1.54) is 18.2 Å². The molecule has 31 heteroatoms. The van der Waals surface area contributed by atoms with E-state index in [1.807, 2.05) is 6.92 Å². The number of hydrogen-bond acceptors (Lipinski definition) is 22. The molecule has 0 unspecified atom stereocenters. The molecule has 17 N–H and O–H groups in total. The highest BCUT2D eigenvalue weighted by Gasteiger charge is 2.47. The molecule has 31 nitrogen and oxygen atoms in total. The minimum atomic E-state index is -1.89. The number of aliphatic hydroxyl groups is 4. The van der Waals surface area contributed by atoms with Gasteiger partial charge in [0.15, 0.2) is 41.8 Å². The first-order valence-corrected chi connectivity index (χ1v) is 25.9. The number of nitrogens with one attached hydrogen (secondary N) is 3. The quantitative estimate of drug-likeness (QED) is 0.0141. The molecule has 0 radical (unpaired) electrons. The number of aliphatic carboxylic acids is 2. The number of nitrogens with two attached hydrogens (primary N) is 4. The van der Waals surface area contributed by atoms with Crippen molar-refractivity contribution in [3.8, 4) is 5.75 Å². The number of benzene rings is 1. The van der Waals surface area contributed by atoms with Crippen molar-refractivity contribution in [1.29, 1.82) is 0 Å². The van der Waals surface area contributed by atoms with Gasteiger partial charge in [0.2, 0.25) is 17.4 Å². The van der Waals surface area contributed by atoms with Gasteiger partial charge in [0.1, 0.15) is 30.7 Å². The van der Waals surface area contributed by atoms with Crippen LogP contribution in [0.1, 0.15) is 73.6 Å². The molecule has 10 atom stereocenters. The molecule has 81 heavy (non-hydrogen) atoms. The van der Waals surface area contributed by atoms with E-state index in [9.17, 15) is 64.2 Å². The number of nitrogens with zero attached hydrogens (tertiary/aromatic N) is 2. The zero-order valence-electron chi connectivity index (χ0n) is 45.3. The molecular formula is C50H77N9O22. The number of carboxylic acid groups (broad SMARTS) is 2. The Morgan fingerprint density at radius 2 is 1.05 bits per heavy atom. The van der Waals surface area contributed by atoms with Crippen molar-refractivity contribution < 1.29 is 107 Å². The van der Waals surface area contributed by atoms with Crippen molar-refractivity contribution in [2.75, 3.05) is 85.8 Å². The molecule has 0 saturated heterocycles. The number of carbonyl (C=O) groups is 7. The van der Waals surface area contributed by atoms with Crippen molar-refractivity contribution >= 4 is 53.5 Å². The number of carbonyl (C=O) groups excluding carboxylic acids is 5. The minimum Gasteiger partial charge on any atom is -0.491 e. The maximum atomic E-state index is 13.7. The lowest BCUT2D eigenvalue weighted by Crippen LogP contribution is -2.61. The van der Waals surface area contributed by atoms with Gasteiger partial charge >= 0.3 is 24.1 Å². The van der Waals surface area contributed by atoms with Gasteiger partial charge in [0, 0.05) is 56.5 Å². The van der Waals surface area contributed by atoms with Crippen LogP contribution in [0.5, 0.6) is 5.75 Å². The lowest BCUT2D eigenvalue weighted by Gasteiger charge is -2.39. The molecule has 0 fully saturated rings. The van der Waals surface area contributed by atoms with Crippen LogP contribution in [0, 0.1) is 5.92 Å². The van der Waals surface area contributed by atoms with Gasteiger partial charge in [-0.3, -0.25) is 14.4 Å². The fraction of sp³-hybridized carbons (Fsp3) is 0.620. The van der Waals surface area contributed by atoms with Gasteiger partial charge in [-0.05, 0) is 49.6 Å². The maximum absolute atomic E-state index is 13.7. The first kappa shape index (κ1) is 67.9. The molecule has 3 rings (SSSR count). The smallest absolute Gasteiger partial charge is 0.407 e. The van der Waals surface area contributed by atoms with Crippen molar-refractivity contribution in [2.24, 2.45) is 38.8 Å². The number of rotatable bonds is 38. The second-order valence-electron chi connectivity index (χ2n) is 18.2. The highest BCUT2D eigenvalue weighted by molar-refractivity contribution is 6.02. The number of hydrogen-bond donors (Lipinski definition) is 13. The standard InChI is InChI=1S/C50H77N9O22/c1-4-11-73-12-13-74-14-15-75-16-17-76-18-19-77-31-21-29(34(63)7-5-9-55-49(71)80-42(36(65)25-60)41-27(2)32(58-47(51)52)23-38(78-41)45(67)68)20-30(22-31)35(64)8-6-10-56-50(72)81-43(37(66)26-61)44-40(57-28(3)62)33(59-48(53)54)24-39(79-44)46(69)70/h20-24,27,32-33,36-37,40-44,60-61,65-66H,4-19,25-26H2,1-3H3,(H,55,71)(H,56,72)(H,57,62)(H,67,68)(H,69,70)(H4,51,52,58)(H4,53,54,59)/t27-,32+,33+,36-,37-,40-,41-,42-,43-,44-/m1/s1. The second-order valence-corrected chi connectivity index (χ2v) is 18.2. The molecule has 0 spiro atoms. The van der Waals surface area contributed by atoms with Crippen molar-refractivity contribution in [1.82, 2.24) is 16.0 Å². The third kappa shape index (κ3) is 24.1. The minimum absolute atomic E-state index is 0.00398. The maximum Gasteiger partial charge on any atom is 0.407 e. The lowest BCUT2D eigenvalue weighted by molar-refractivity contribution is -0.147. The SMILES string of the molecule is CCCOCCOCCOCCOCCOc1cc(C(=O)CCCNC(=O)O[C@@H]([C@@H]2OC(C(=O)O)=C[C@H](N=C(N)N)[C@H]2C)[C@H](O)CO)cc(C(=O)CCCNC(=O)O[C@@H]([C@@H]2OC(C(=O)O)=C[C@H](N=C(N)N)[C@H]2NC(C)=O)[C@H](O)CO)c1. The first-order chi connectivity index (χ1) is 38.6. The van der Waals surface area contributed by atoms with Crippen LogP contribution in [0.4, 0.5) is 9.59 Å². The topological polar surface area (TPSA) is 489 Å². The van der Waals surface area contributed by atoms with Crippen molar-refractivity contribution in [3.05, 3.63) is 53.0 Å². The summed E-state index contributed by atoms with van der Waals surface area (Å²) in [5, 5.41) is 67.7.